The van der Waals surface area contributed by atoms with Gasteiger partial charge >= 0.3 is 0 Å². The van der Waals surface area contributed by atoms with E-state index >= 15 is 0 Å². The van der Waals surface area contributed by atoms with Gasteiger partial charge in [-0.15, -0.1) is 0 Å². The Bertz CT molecular complexity index is 766. The number of aromatic amines is 1. The molecule has 1 saturated carbocycles. The third-order valence-corrected chi connectivity index (χ3v) is 5.14. The number of phenols is 1. The van der Waals surface area contributed by atoms with E-state index in [-0.39, 0.29) is 17.7 Å². The van der Waals surface area contributed by atoms with E-state index in [1.165, 1.54) is 0 Å². The molecule has 1 aromatic heterocycles. The minimum atomic E-state index is -0.100. The fourth-order valence-electron chi connectivity index (χ4n) is 3.55. The summed E-state index contributed by atoms with van der Waals surface area (Å²) in [5, 5.41) is 13.2. The van der Waals surface area contributed by atoms with E-state index in [1.807, 2.05) is 0 Å². The van der Waals surface area contributed by atoms with Gasteiger partial charge < -0.3 is 20.3 Å². The summed E-state index contributed by atoms with van der Waals surface area (Å²) in [6.45, 7) is 5.17. The van der Waals surface area contributed by atoms with Gasteiger partial charge in [-0.1, -0.05) is 6.92 Å². The Morgan fingerprint density at radius 2 is 2.25 bits per heavy atom. The highest BCUT2D eigenvalue weighted by Crippen LogP contribution is 2.40. The van der Waals surface area contributed by atoms with Crippen molar-refractivity contribution in [2.75, 3.05) is 19.6 Å². The van der Waals surface area contributed by atoms with Gasteiger partial charge in [-0.25, -0.2) is 4.98 Å². The van der Waals surface area contributed by atoms with Gasteiger partial charge in [0.15, 0.2) is 0 Å². The number of likely N-dealkylation sites (tertiary alicyclic amines) is 1. The number of nitrogens with zero attached hydrogens (tertiary/aromatic N) is 2. The molecule has 2 aromatic rings. The van der Waals surface area contributed by atoms with E-state index in [9.17, 15) is 9.90 Å². The lowest BCUT2D eigenvalue weighted by Crippen LogP contribution is -2.47. The fourth-order valence-corrected chi connectivity index (χ4v) is 3.55. The maximum Gasteiger partial charge on any atom is 0.253 e. The molecule has 1 unspecified atom stereocenters. The number of aromatic nitrogens is 2. The first-order chi connectivity index (χ1) is 11.7. The van der Waals surface area contributed by atoms with Crippen molar-refractivity contribution in [2.24, 2.45) is 0 Å². The molecule has 1 atom stereocenters. The molecule has 6 heteroatoms. The lowest BCUT2D eigenvalue weighted by Gasteiger charge is -2.32. The van der Waals surface area contributed by atoms with Gasteiger partial charge in [0.1, 0.15) is 22.6 Å². The highest BCUT2D eigenvalue weighted by Gasteiger charge is 2.29. The smallest absolute Gasteiger partial charge is 0.253 e. The van der Waals surface area contributed by atoms with E-state index in [2.05, 4.69) is 27.1 Å². The van der Waals surface area contributed by atoms with E-state index in [0.29, 0.717) is 22.5 Å². The van der Waals surface area contributed by atoms with Gasteiger partial charge in [0.05, 0.1) is 5.56 Å². The third kappa shape index (κ3) is 2.86. The lowest BCUT2D eigenvalue weighted by atomic mass is 10.0. The molecule has 1 saturated heterocycles. The fraction of sp³-hybridized carbons (Fsp3) is 0.556. The molecular formula is C18H24N4O2. The first-order valence-corrected chi connectivity index (χ1v) is 8.90. The van der Waals surface area contributed by atoms with Gasteiger partial charge in [0.25, 0.3) is 5.91 Å². The number of benzene rings is 1. The standard InChI is InChI=1S/C18H24N4O2/c1-2-22-9-3-4-12(10-22)19-18(24)13-7-8-14(23)16-15(13)20-17(21-16)11-5-6-11/h7-8,11-12,23H,2-6,9-10H2,1H3,(H,19,24)(H,20,21). The second-order valence-electron chi connectivity index (χ2n) is 6.96. The largest absolute Gasteiger partial charge is 0.506 e. The number of hydrogen-bond donors (Lipinski definition) is 3. The maximum atomic E-state index is 12.8. The summed E-state index contributed by atoms with van der Waals surface area (Å²) >= 11 is 0. The zero-order chi connectivity index (χ0) is 16.7. The van der Waals surface area contributed by atoms with Crippen molar-refractivity contribution in [1.29, 1.82) is 0 Å². The van der Waals surface area contributed by atoms with Crippen LogP contribution in [0.25, 0.3) is 11.0 Å². The minimum Gasteiger partial charge on any atom is -0.506 e. The van der Waals surface area contributed by atoms with E-state index < -0.39 is 0 Å². The van der Waals surface area contributed by atoms with Crippen LogP contribution in [0.3, 0.4) is 0 Å². The van der Waals surface area contributed by atoms with Gasteiger partial charge in [0.2, 0.25) is 0 Å². The predicted octanol–water partition coefficient (Wildman–Crippen LogP) is 2.36. The van der Waals surface area contributed by atoms with E-state index in [4.69, 9.17) is 0 Å². The Balaban J connectivity index is 1.58. The molecule has 128 valence electrons. The van der Waals surface area contributed by atoms with Crippen molar-refractivity contribution in [2.45, 2.75) is 44.6 Å². The number of amides is 1. The molecule has 4 rings (SSSR count). The van der Waals surface area contributed by atoms with E-state index in [1.54, 1.807) is 12.1 Å². The molecule has 2 fully saturated rings. The van der Waals surface area contributed by atoms with Crippen LogP contribution < -0.4 is 5.32 Å². The predicted molar refractivity (Wildman–Crippen MR) is 92.3 cm³/mol. The van der Waals surface area contributed by atoms with Gasteiger partial charge in [-0.3, -0.25) is 4.79 Å². The lowest BCUT2D eigenvalue weighted by molar-refractivity contribution is 0.0907. The number of piperidine rings is 1. The summed E-state index contributed by atoms with van der Waals surface area (Å²) in [6.07, 6.45) is 4.36. The van der Waals surface area contributed by atoms with Crippen LogP contribution in [0, 0.1) is 0 Å². The Labute approximate surface area is 141 Å². The molecule has 1 aliphatic carbocycles. The number of H-pyrrole nitrogens is 1. The Kier molecular flexibility index (Phi) is 3.92. The van der Waals surface area contributed by atoms with Crippen molar-refractivity contribution in [1.82, 2.24) is 20.2 Å². The van der Waals surface area contributed by atoms with Gasteiger partial charge in [-0.2, -0.15) is 0 Å². The molecule has 0 spiro atoms. The van der Waals surface area contributed by atoms with Crippen LogP contribution in [0.4, 0.5) is 0 Å². The monoisotopic (exact) mass is 328 g/mol. The Morgan fingerprint density at radius 1 is 1.42 bits per heavy atom. The SMILES string of the molecule is CCN1CCCC(NC(=O)c2ccc(O)c3[nH]c(C4CC4)nc23)C1. The van der Waals surface area contributed by atoms with Crippen LogP contribution in [0.1, 0.15) is 54.7 Å². The summed E-state index contributed by atoms with van der Waals surface area (Å²) in [5.74, 6) is 1.38. The van der Waals surface area contributed by atoms with Crippen molar-refractivity contribution in [3.8, 4) is 5.75 Å². The summed E-state index contributed by atoms with van der Waals surface area (Å²) in [4.78, 5) is 22.9. The van der Waals surface area contributed by atoms with Crippen molar-refractivity contribution in [3.05, 3.63) is 23.5 Å². The topological polar surface area (TPSA) is 81.3 Å². The van der Waals surface area contributed by atoms with Crippen molar-refractivity contribution in [3.63, 3.8) is 0 Å². The highest BCUT2D eigenvalue weighted by molar-refractivity contribution is 6.06. The normalized spacial score (nSPS) is 22.0. The molecule has 1 aromatic carbocycles. The molecule has 6 nitrogen and oxygen atoms in total. The quantitative estimate of drug-likeness (QED) is 0.805. The molecule has 0 bridgehead atoms. The highest BCUT2D eigenvalue weighted by atomic mass is 16.3. The van der Waals surface area contributed by atoms with Crippen LogP contribution in [0.5, 0.6) is 5.75 Å². The number of likely N-dealkylation sites (N-methyl/N-ethyl adjacent to an activating group) is 1. The third-order valence-electron chi connectivity index (χ3n) is 5.14. The average molecular weight is 328 g/mol. The van der Waals surface area contributed by atoms with Crippen LogP contribution in [0.15, 0.2) is 12.1 Å². The number of nitrogens with one attached hydrogen (secondary N) is 2. The minimum absolute atomic E-state index is 0.100. The van der Waals surface area contributed by atoms with Crippen molar-refractivity contribution >= 4 is 16.9 Å². The summed E-state index contributed by atoms with van der Waals surface area (Å²) in [5.41, 5.74) is 1.69. The number of aromatic hydroxyl groups is 1. The number of carbonyl (C=O) groups is 1. The maximum absolute atomic E-state index is 12.8. The first kappa shape index (κ1) is 15.4. The summed E-state index contributed by atoms with van der Waals surface area (Å²) < 4.78 is 0. The molecular weight excluding hydrogens is 304 g/mol. The number of imidazole rings is 1. The first-order valence-electron chi connectivity index (χ1n) is 8.90. The zero-order valence-electron chi connectivity index (χ0n) is 14.0. The average Bonchev–Trinajstić information content (AvgIpc) is 3.34. The number of fused-ring (bicyclic) bond motifs is 1. The molecule has 3 N–H and O–H groups in total. The molecule has 1 amide bonds. The number of rotatable bonds is 4. The van der Waals surface area contributed by atoms with Crippen molar-refractivity contribution < 1.29 is 9.90 Å². The van der Waals surface area contributed by atoms with Gasteiger partial charge in [-0.05, 0) is 50.9 Å². The Hall–Kier alpha value is -2.08. The summed E-state index contributed by atoms with van der Waals surface area (Å²) in [6, 6.07) is 3.42. The van der Waals surface area contributed by atoms with Crippen LogP contribution >= 0.6 is 0 Å². The molecule has 0 radical (unpaired) electrons. The second-order valence-corrected chi connectivity index (χ2v) is 6.96. The van der Waals surface area contributed by atoms with Crippen LogP contribution in [-0.4, -0.2) is 51.6 Å². The molecule has 2 heterocycles. The number of carbonyl (C=O) groups excluding carboxylic acids is 1. The molecule has 2 aliphatic rings. The van der Waals surface area contributed by atoms with Gasteiger partial charge in [0, 0.05) is 18.5 Å². The van der Waals surface area contributed by atoms with Crippen LogP contribution in [-0.2, 0) is 0 Å². The number of phenolic OH excluding ortho intramolecular Hbond substituents is 1. The molecule has 24 heavy (non-hydrogen) atoms. The van der Waals surface area contributed by atoms with E-state index in [0.717, 1.165) is 51.1 Å². The zero-order valence-corrected chi connectivity index (χ0v) is 14.0. The Morgan fingerprint density at radius 3 is 3.00 bits per heavy atom. The van der Waals surface area contributed by atoms with Crippen LogP contribution in [0.2, 0.25) is 0 Å². The molecule has 1 aliphatic heterocycles. The number of hydrogen-bond acceptors (Lipinski definition) is 4. The summed E-state index contributed by atoms with van der Waals surface area (Å²) in [7, 11) is 0. The second kappa shape index (κ2) is 6.09.